The number of aromatic hydroxyl groups is 1. The number of nitrogens with zero attached hydrogens (tertiary/aromatic N) is 1. The zero-order valence-electron chi connectivity index (χ0n) is 19.1. The van der Waals surface area contributed by atoms with Crippen molar-refractivity contribution in [2.75, 3.05) is 6.61 Å². The quantitative estimate of drug-likeness (QED) is 0.618. The van der Waals surface area contributed by atoms with E-state index in [9.17, 15) is 24.3 Å². The van der Waals surface area contributed by atoms with Gasteiger partial charge in [-0.1, -0.05) is 48.5 Å². The van der Waals surface area contributed by atoms with Crippen molar-refractivity contribution in [3.63, 3.8) is 0 Å². The smallest absolute Gasteiger partial charge is 0.334 e. The standard InChI is InChI=1S/C22H31N3O6/c1-8-16(26)31-11-15(25-19(29)23-18(28)24-20(25)30)12-9-13(21(2,3)4)17(27)14(10-12)22(5,6)7/h9-10,15,27H,8,11H2,1-7H3,(H2,23,24,28,29,30). The van der Waals surface area contributed by atoms with E-state index >= 15 is 0 Å². The van der Waals surface area contributed by atoms with Crippen molar-refractivity contribution < 1.29 is 14.6 Å². The highest BCUT2D eigenvalue weighted by Gasteiger charge is 2.30. The summed E-state index contributed by atoms with van der Waals surface area (Å²) in [5.41, 5.74) is -1.93. The van der Waals surface area contributed by atoms with Crippen LogP contribution in [0.5, 0.6) is 5.75 Å². The van der Waals surface area contributed by atoms with E-state index in [4.69, 9.17) is 4.74 Å². The van der Waals surface area contributed by atoms with Crippen molar-refractivity contribution in [3.8, 4) is 5.75 Å². The number of carbonyl (C=O) groups is 1. The summed E-state index contributed by atoms with van der Waals surface area (Å²) < 4.78 is 6.09. The number of nitrogens with one attached hydrogen (secondary N) is 2. The number of carbonyl (C=O) groups excluding carboxylic acids is 1. The molecule has 0 aliphatic rings. The number of benzene rings is 1. The SMILES string of the molecule is CCC(=O)OCC(c1cc(C(C)(C)C)c(O)c(C(C)(C)C)c1)n1c(=O)[nH]c(=O)[nH]c1=O. The number of phenols is 1. The van der Waals surface area contributed by atoms with E-state index in [-0.39, 0.29) is 18.8 Å². The summed E-state index contributed by atoms with van der Waals surface area (Å²) in [6, 6.07) is 2.39. The van der Waals surface area contributed by atoms with Gasteiger partial charge in [0.05, 0.1) is 0 Å². The highest BCUT2D eigenvalue weighted by molar-refractivity contribution is 5.68. The van der Waals surface area contributed by atoms with Crippen LogP contribution in [0.15, 0.2) is 26.5 Å². The van der Waals surface area contributed by atoms with Crippen LogP contribution in [0.25, 0.3) is 0 Å². The summed E-state index contributed by atoms with van der Waals surface area (Å²) in [4.78, 5) is 52.4. The predicted molar refractivity (Wildman–Crippen MR) is 117 cm³/mol. The molecule has 31 heavy (non-hydrogen) atoms. The van der Waals surface area contributed by atoms with Crippen molar-refractivity contribution in [2.45, 2.75) is 71.8 Å². The fraction of sp³-hybridized carbons (Fsp3) is 0.545. The Morgan fingerprint density at radius 1 is 1.00 bits per heavy atom. The van der Waals surface area contributed by atoms with Crippen LogP contribution in [-0.4, -0.2) is 32.2 Å². The van der Waals surface area contributed by atoms with E-state index < -0.39 is 39.9 Å². The van der Waals surface area contributed by atoms with Gasteiger partial charge in [0.2, 0.25) is 0 Å². The molecule has 2 aromatic rings. The molecule has 9 heteroatoms. The third-order valence-electron chi connectivity index (χ3n) is 5.01. The lowest BCUT2D eigenvalue weighted by atomic mass is 9.77. The number of esters is 1. The fourth-order valence-electron chi connectivity index (χ4n) is 3.31. The maximum Gasteiger partial charge on any atom is 0.334 e. The van der Waals surface area contributed by atoms with Crippen molar-refractivity contribution in [1.82, 2.24) is 14.5 Å². The van der Waals surface area contributed by atoms with Crippen LogP contribution in [0, 0.1) is 0 Å². The Bertz CT molecular complexity index is 1070. The minimum absolute atomic E-state index is 0.125. The third-order valence-corrected chi connectivity index (χ3v) is 5.01. The van der Waals surface area contributed by atoms with E-state index in [2.05, 4.69) is 0 Å². The number of phenolic OH excluding ortho intramolecular Hbond substituents is 1. The maximum absolute atomic E-state index is 12.5. The number of hydrogen-bond acceptors (Lipinski definition) is 6. The molecule has 0 aliphatic heterocycles. The van der Waals surface area contributed by atoms with Gasteiger partial charge in [-0.25, -0.2) is 19.0 Å². The zero-order chi connectivity index (χ0) is 23.7. The largest absolute Gasteiger partial charge is 0.507 e. The zero-order valence-corrected chi connectivity index (χ0v) is 19.1. The molecule has 1 unspecified atom stereocenters. The first-order valence-electron chi connectivity index (χ1n) is 10.2. The first kappa shape index (κ1) is 24.2. The molecule has 1 aromatic heterocycles. The van der Waals surface area contributed by atoms with Crippen molar-refractivity contribution >= 4 is 5.97 Å². The molecule has 0 aliphatic carbocycles. The molecule has 9 nitrogen and oxygen atoms in total. The fourth-order valence-corrected chi connectivity index (χ4v) is 3.31. The average Bonchev–Trinajstić information content (AvgIpc) is 2.61. The molecule has 0 spiro atoms. The first-order valence-corrected chi connectivity index (χ1v) is 10.2. The van der Waals surface area contributed by atoms with Crippen LogP contribution in [0.1, 0.15) is 77.6 Å². The van der Waals surface area contributed by atoms with E-state index in [1.807, 2.05) is 51.5 Å². The van der Waals surface area contributed by atoms with Crippen LogP contribution < -0.4 is 17.1 Å². The minimum atomic E-state index is -1.01. The lowest BCUT2D eigenvalue weighted by Gasteiger charge is -2.30. The van der Waals surface area contributed by atoms with Gasteiger partial charge in [0, 0.05) is 6.42 Å². The molecule has 3 N–H and O–H groups in total. The molecule has 170 valence electrons. The van der Waals surface area contributed by atoms with Gasteiger partial charge in [0.15, 0.2) is 0 Å². The average molecular weight is 434 g/mol. The maximum atomic E-state index is 12.5. The molecule has 0 fully saturated rings. The van der Waals surface area contributed by atoms with E-state index in [1.165, 1.54) is 0 Å². The Morgan fingerprint density at radius 3 is 1.84 bits per heavy atom. The van der Waals surface area contributed by atoms with Gasteiger partial charge < -0.3 is 9.84 Å². The number of hydrogen-bond donors (Lipinski definition) is 3. The van der Waals surface area contributed by atoms with Crippen molar-refractivity contribution in [2.24, 2.45) is 0 Å². The van der Waals surface area contributed by atoms with Gasteiger partial charge in [-0.15, -0.1) is 0 Å². The molecule has 0 radical (unpaired) electrons. The molecular formula is C22H31N3O6. The topological polar surface area (TPSA) is 134 Å². The molecule has 1 aromatic carbocycles. The van der Waals surface area contributed by atoms with E-state index in [1.54, 1.807) is 19.1 Å². The molecule has 1 atom stereocenters. The second-order valence-electron chi connectivity index (χ2n) is 9.58. The van der Waals surface area contributed by atoms with Crippen LogP contribution >= 0.6 is 0 Å². The Morgan fingerprint density at radius 2 is 1.45 bits per heavy atom. The van der Waals surface area contributed by atoms with Gasteiger partial charge in [-0.05, 0) is 39.7 Å². The van der Waals surface area contributed by atoms with Crippen LogP contribution in [0.3, 0.4) is 0 Å². The minimum Gasteiger partial charge on any atom is -0.507 e. The molecule has 2 rings (SSSR count). The first-order chi connectivity index (χ1) is 14.2. The molecule has 0 amide bonds. The Balaban J connectivity index is 2.86. The summed E-state index contributed by atoms with van der Waals surface area (Å²) in [6.07, 6.45) is 0.125. The number of H-pyrrole nitrogens is 2. The number of rotatable bonds is 5. The van der Waals surface area contributed by atoms with Crippen molar-refractivity contribution in [3.05, 3.63) is 60.3 Å². The van der Waals surface area contributed by atoms with E-state index in [0.717, 1.165) is 4.57 Å². The van der Waals surface area contributed by atoms with Gasteiger partial charge in [-0.3, -0.25) is 14.8 Å². The van der Waals surface area contributed by atoms with Gasteiger partial charge in [-0.2, -0.15) is 0 Å². The summed E-state index contributed by atoms with van der Waals surface area (Å²) in [5, 5.41) is 11.0. The molecule has 1 heterocycles. The van der Waals surface area contributed by atoms with Crippen LogP contribution in [0.2, 0.25) is 0 Å². The highest BCUT2D eigenvalue weighted by Crippen LogP contribution is 2.41. The van der Waals surface area contributed by atoms with Crippen LogP contribution in [0.4, 0.5) is 0 Å². The third kappa shape index (κ3) is 5.34. The second kappa shape index (κ2) is 8.56. The highest BCUT2D eigenvalue weighted by atomic mass is 16.5. The Kier molecular flexibility index (Phi) is 6.68. The molecule has 0 saturated carbocycles. The van der Waals surface area contributed by atoms with Crippen LogP contribution in [-0.2, 0) is 20.4 Å². The number of ether oxygens (including phenoxy) is 1. The summed E-state index contributed by atoms with van der Waals surface area (Å²) >= 11 is 0. The Hall–Kier alpha value is -3.10. The summed E-state index contributed by atoms with van der Waals surface area (Å²) in [6.45, 7) is 12.9. The monoisotopic (exact) mass is 433 g/mol. The van der Waals surface area contributed by atoms with Gasteiger partial charge in [0.1, 0.15) is 18.4 Å². The molecule has 0 bridgehead atoms. The van der Waals surface area contributed by atoms with Crippen molar-refractivity contribution in [1.29, 1.82) is 0 Å². The molecule has 0 saturated heterocycles. The normalized spacial score (nSPS) is 13.1. The van der Waals surface area contributed by atoms with Gasteiger partial charge >= 0.3 is 23.0 Å². The second-order valence-corrected chi connectivity index (χ2v) is 9.58. The molecular weight excluding hydrogens is 402 g/mol. The van der Waals surface area contributed by atoms with Gasteiger partial charge in [0.25, 0.3) is 0 Å². The van der Waals surface area contributed by atoms with E-state index in [0.29, 0.717) is 16.7 Å². The number of aromatic amines is 2. The number of aromatic nitrogens is 3. The lowest BCUT2D eigenvalue weighted by Crippen LogP contribution is -2.46. The summed E-state index contributed by atoms with van der Waals surface area (Å²) in [5.74, 6) is -0.361. The summed E-state index contributed by atoms with van der Waals surface area (Å²) in [7, 11) is 0. The Labute approximate surface area is 180 Å². The predicted octanol–water partition coefficient (Wildman–Crippen LogP) is 2.07. The lowest BCUT2D eigenvalue weighted by molar-refractivity contribution is -0.144.